The molecule has 1 amide bonds. The van der Waals surface area contributed by atoms with E-state index in [1.54, 1.807) is 43.7 Å². The molecule has 0 saturated carbocycles. The molecule has 0 radical (unpaired) electrons. The van der Waals surface area contributed by atoms with Crippen LogP contribution in [0.25, 0.3) is 10.9 Å². The Morgan fingerprint density at radius 1 is 1.03 bits per heavy atom. The van der Waals surface area contributed by atoms with Gasteiger partial charge in [-0.2, -0.15) is 5.10 Å². The lowest BCUT2D eigenvalue weighted by atomic mass is 10.1. The molecule has 0 aliphatic heterocycles. The van der Waals surface area contributed by atoms with Crippen molar-refractivity contribution in [3.63, 3.8) is 0 Å². The van der Waals surface area contributed by atoms with E-state index in [1.807, 2.05) is 43.3 Å². The van der Waals surface area contributed by atoms with Gasteiger partial charge in [-0.1, -0.05) is 47.5 Å². The van der Waals surface area contributed by atoms with Crippen molar-refractivity contribution >= 4 is 46.2 Å². The van der Waals surface area contributed by atoms with E-state index in [4.69, 9.17) is 32.7 Å². The van der Waals surface area contributed by atoms with Crippen LogP contribution in [0, 0.1) is 6.92 Å². The summed E-state index contributed by atoms with van der Waals surface area (Å²) in [6, 6.07) is 19.9. The maximum absolute atomic E-state index is 12.7. The second kappa shape index (κ2) is 10.5. The number of hydrogen-bond acceptors (Lipinski definition) is 5. The number of carbonyl (C=O) groups excluding carboxylic acids is 1. The number of hydrazone groups is 1. The lowest BCUT2D eigenvalue weighted by Crippen LogP contribution is -2.18. The van der Waals surface area contributed by atoms with E-state index in [9.17, 15) is 4.79 Å². The van der Waals surface area contributed by atoms with Gasteiger partial charge in [-0.25, -0.2) is 5.43 Å². The normalized spacial score (nSPS) is 11.1. The standard InChI is InChI=1S/C26H21Cl2N3O3/c1-16-11-20(19-5-3-4-6-23(19)30-16)26(32)31-29-14-17-8-10-24(25(13-17)33-2)34-15-18-7-9-21(27)22(28)12-18/h3-14H,15H2,1-2H3,(H,31,32)/b29-14+. The number of methoxy groups -OCH3 is 1. The predicted molar refractivity (Wildman–Crippen MR) is 135 cm³/mol. The molecule has 1 aromatic heterocycles. The number of amides is 1. The highest BCUT2D eigenvalue weighted by molar-refractivity contribution is 6.42. The molecule has 0 bridgehead atoms. The van der Waals surface area contributed by atoms with E-state index in [2.05, 4.69) is 15.5 Å². The molecule has 0 fully saturated rings. The van der Waals surface area contributed by atoms with E-state index in [0.29, 0.717) is 33.7 Å². The number of fused-ring (bicyclic) bond motifs is 1. The second-order valence-corrected chi connectivity index (χ2v) is 8.29. The Kier molecular flexibility index (Phi) is 7.30. The average molecular weight is 494 g/mol. The van der Waals surface area contributed by atoms with Gasteiger partial charge in [0.2, 0.25) is 0 Å². The summed E-state index contributed by atoms with van der Waals surface area (Å²) in [5, 5.41) is 5.83. The quantitative estimate of drug-likeness (QED) is 0.245. The first kappa shape index (κ1) is 23.5. The number of carbonyl (C=O) groups is 1. The molecule has 1 heterocycles. The fourth-order valence-corrected chi connectivity index (χ4v) is 3.72. The summed E-state index contributed by atoms with van der Waals surface area (Å²) in [5.74, 6) is 0.783. The highest BCUT2D eigenvalue weighted by Gasteiger charge is 2.11. The van der Waals surface area contributed by atoms with Crippen molar-refractivity contribution in [3.8, 4) is 11.5 Å². The van der Waals surface area contributed by atoms with Gasteiger partial charge in [0, 0.05) is 11.1 Å². The van der Waals surface area contributed by atoms with Crippen LogP contribution in [0.2, 0.25) is 10.0 Å². The van der Waals surface area contributed by atoms with Gasteiger partial charge in [-0.3, -0.25) is 9.78 Å². The molecule has 0 spiro atoms. The molecule has 3 aromatic carbocycles. The van der Waals surface area contributed by atoms with Crippen LogP contribution in [-0.2, 0) is 6.61 Å². The molecule has 0 saturated heterocycles. The number of nitrogens with one attached hydrogen (secondary N) is 1. The highest BCUT2D eigenvalue weighted by Crippen LogP contribution is 2.29. The molecule has 4 rings (SSSR count). The van der Waals surface area contributed by atoms with Gasteiger partial charge in [0.15, 0.2) is 11.5 Å². The Bertz CT molecular complexity index is 1390. The summed E-state index contributed by atoms with van der Waals surface area (Å²) in [5.41, 5.74) is 6.23. The van der Waals surface area contributed by atoms with Crippen LogP contribution in [0.5, 0.6) is 11.5 Å². The van der Waals surface area contributed by atoms with E-state index in [-0.39, 0.29) is 5.91 Å². The highest BCUT2D eigenvalue weighted by atomic mass is 35.5. The van der Waals surface area contributed by atoms with E-state index < -0.39 is 0 Å². The fourth-order valence-electron chi connectivity index (χ4n) is 3.40. The van der Waals surface area contributed by atoms with Crippen molar-refractivity contribution in [2.45, 2.75) is 13.5 Å². The van der Waals surface area contributed by atoms with Crippen molar-refractivity contribution in [3.05, 3.63) is 99.2 Å². The number of rotatable bonds is 7. The van der Waals surface area contributed by atoms with Crippen LogP contribution in [0.1, 0.15) is 27.2 Å². The molecule has 0 unspecified atom stereocenters. The first-order valence-corrected chi connectivity index (χ1v) is 11.1. The number of hydrogen-bond donors (Lipinski definition) is 1. The second-order valence-electron chi connectivity index (χ2n) is 7.47. The Morgan fingerprint density at radius 2 is 1.85 bits per heavy atom. The van der Waals surface area contributed by atoms with Gasteiger partial charge in [-0.15, -0.1) is 0 Å². The number of aryl methyl sites for hydroxylation is 1. The smallest absolute Gasteiger partial charge is 0.272 e. The molecular weight excluding hydrogens is 473 g/mol. The number of nitrogens with zero attached hydrogens (tertiary/aromatic N) is 2. The number of ether oxygens (including phenoxy) is 2. The van der Waals surface area contributed by atoms with Crippen molar-refractivity contribution in [1.29, 1.82) is 0 Å². The van der Waals surface area contributed by atoms with Gasteiger partial charge in [0.05, 0.1) is 34.4 Å². The monoisotopic (exact) mass is 493 g/mol. The summed E-state index contributed by atoms with van der Waals surface area (Å²) >= 11 is 12.0. The summed E-state index contributed by atoms with van der Waals surface area (Å²) in [6.45, 7) is 2.15. The number of para-hydroxylation sites is 1. The van der Waals surface area contributed by atoms with E-state index >= 15 is 0 Å². The molecule has 0 aliphatic carbocycles. The van der Waals surface area contributed by atoms with Gasteiger partial charge < -0.3 is 9.47 Å². The zero-order valence-corrected chi connectivity index (χ0v) is 20.0. The largest absolute Gasteiger partial charge is 0.493 e. The van der Waals surface area contributed by atoms with Crippen LogP contribution < -0.4 is 14.9 Å². The Balaban J connectivity index is 1.44. The molecule has 4 aromatic rings. The first-order valence-electron chi connectivity index (χ1n) is 10.4. The minimum Gasteiger partial charge on any atom is -0.493 e. The summed E-state index contributed by atoms with van der Waals surface area (Å²) in [7, 11) is 1.56. The molecular formula is C26H21Cl2N3O3. The lowest BCUT2D eigenvalue weighted by molar-refractivity contribution is 0.0956. The van der Waals surface area contributed by atoms with Crippen molar-refractivity contribution in [2.24, 2.45) is 5.10 Å². The summed E-state index contributed by atoms with van der Waals surface area (Å²) in [4.78, 5) is 17.2. The number of aromatic nitrogens is 1. The van der Waals surface area contributed by atoms with Crippen molar-refractivity contribution < 1.29 is 14.3 Å². The molecule has 172 valence electrons. The maximum Gasteiger partial charge on any atom is 0.272 e. The van der Waals surface area contributed by atoms with Gasteiger partial charge in [0.25, 0.3) is 5.91 Å². The molecule has 0 aliphatic rings. The van der Waals surface area contributed by atoms with Crippen LogP contribution in [0.3, 0.4) is 0 Å². The minimum atomic E-state index is -0.313. The molecule has 1 N–H and O–H groups in total. The zero-order valence-electron chi connectivity index (χ0n) is 18.5. The zero-order chi connectivity index (χ0) is 24.1. The Morgan fingerprint density at radius 3 is 2.65 bits per heavy atom. The van der Waals surface area contributed by atoms with Crippen LogP contribution in [0.15, 0.2) is 71.8 Å². The molecule has 6 nitrogen and oxygen atoms in total. The van der Waals surface area contributed by atoms with E-state index in [1.165, 1.54) is 0 Å². The third-order valence-corrected chi connectivity index (χ3v) is 5.77. The third-order valence-electron chi connectivity index (χ3n) is 5.03. The first-order chi connectivity index (χ1) is 16.4. The minimum absolute atomic E-state index is 0.302. The molecule has 0 atom stereocenters. The van der Waals surface area contributed by atoms with Gasteiger partial charge >= 0.3 is 0 Å². The molecule has 8 heteroatoms. The predicted octanol–water partition coefficient (Wildman–Crippen LogP) is 6.20. The summed E-state index contributed by atoms with van der Waals surface area (Å²) in [6.07, 6.45) is 1.54. The Hall–Kier alpha value is -3.61. The SMILES string of the molecule is COc1cc(/C=N/NC(=O)c2cc(C)nc3ccccc23)ccc1OCc1ccc(Cl)c(Cl)c1. The van der Waals surface area contributed by atoms with Crippen molar-refractivity contribution in [2.75, 3.05) is 7.11 Å². The van der Waals surface area contributed by atoms with Crippen molar-refractivity contribution in [1.82, 2.24) is 10.4 Å². The van der Waals surface area contributed by atoms with Gasteiger partial charge in [-0.05, 0) is 60.5 Å². The number of benzene rings is 3. The molecule has 34 heavy (non-hydrogen) atoms. The number of halogens is 2. The van der Waals surface area contributed by atoms with Crippen LogP contribution >= 0.6 is 23.2 Å². The topological polar surface area (TPSA) is 72.8 Å². The average Bonchev–Trinajstić information content (AvgIpc) is 2.84. The number of pyridine rings is 1. The van der Waals surface area contributed by atoms with Crippen LogP contribution in [0.4, 0.5) is 0 Å². The summed E-state index contributed by atoms with van der Waals surface area (Å²) < 4.78 is 11.3. The Labute approximate surface area is 207 Å². The van der Waals surface area contributed by atoms with E-state index in [0.717, 1.165) is 27.7 Å². The maximum atomic E-state index is 12.7. The van der Waals surface area contributed by atoms with Gasteiger partial charge in [0.1, 0.15) is 6.61 Å². The third kappa shape index (κ3) is 5.47. The fraction of sp³-hybridized carbons (Fsp3) is 0.115. The lowest BCUT2D eigenvalue weighted by Gasteiger charge is -2.12. The van der Waals surface area contributed by atoms with Crippen LogP contribution in [-0.4, -0.2) is 24.2 Å².